The molecule has 9 nitrogen and oxygen atoms in total. The minimum atomic E-state index is -0.617. The van der Waals surface area contributed by atoms with Crippen LogP contribution in [0.25, 0.3) is 0 Å². The van der Waals surface area contributed by atoms with Crippen LogP contribution in [0, 0.1) is 0 Å². The highest BCUT2D eigenvalue weighted by Gasteiger charge is 2.22. The summed E-state index contributed by atoms with van der Waals surface area (Å²) < 4.78 is 11.2. The summed E-state index contributed by atoms with van der Waals surface area (Å²) in [6.45, 7) is 6.22. The fourth-order valence-corrected chi connectivity index (χ4v) is 3.45. The zero-order chi connectivity index (χ0) is 25.6. The third kappa shape index (κ3) is 7.87. The van der Waals surface area contributed by atoms with Crippen LogP contribution >= 0.6 is 11.6 Å². The molecule has 0 aromatic heterocycles. The molecule has 10 heteroatoms. The van der Waals surface area contributed by atoms with Crippen molar-refractivity contribution in [3.8, 4) is 5.75 Å². The van der Waals surface area contributed by atoms with E-state index in [2.05, 4.69) is 5.32 Å². The van der Waals surface area contributed by atoms with E-state index in [0.29, 0.717) is 22.0 Å². The number of amides is 2. The first-order chi connectivity index (χ1) is 16.5. The van der Waals surface area contributed by atoms with E-state index in [4.69, 9.17) is 25.9 Å². The summed E-state index contributed by atoms with van der Waals surface area (Å²) in [5, 5.41) is 4.54. The Kier molecular flexibility index (Phi) is 8.58. The lowest BCUT2D eigenvalue weighted by atomic mass is 10.1. The van der Waals surface area contributed by atoms with E-state index in [9.17, 15) is 14.4 Å². The molecule has 3 rings (SSSR count). The predicted octanol–water partition coefficient (Wildman–Crippen LogP) is 4.15. The molecule has 0 saturated carbocycles. The Labute approximate surface area is 209 Å². The first-order valence-corrected chi connectivity index (χ1v) is 11.6. The third-order valence-corrected chi connectivity index (χ3v) is 5.29. The lowest BCUT2D eigenvalue weighted by Crippen LogP contribution is -2.41. The molecule has 2 aromatic carbocycles. The first-order valence-electron chi connectivity index (χ1n) is 11.2. The summed E-state index contributed by atoms with van der Waals surface area (Å²) in [5.41, 5.74) is 1.27. The zero-order valence-electron chi connectivity index (χ0n) is 20.3. The number of hydrogen-bond acceptors (Lipinski definition) is 7. The van der Waals surface area contributed by atoms with Gasteiger partial charge >= 0.3 is 12.1 Å². The third-order valence-electron chi connectivity index (χ3n) is 4.99. The molecule has 0 bridgehead atoms. The number of likely N-dealkylation sites (N-methyl/N-ethyl adjacent to an activating group) is 1. The highest BCUT2D eigenvalue weighted by molar-refractivity contribution is 6.32. The highest BCUT2D eigenvalue weighted by Crippen LogP contribution is 2.34. The van der Waals surface area contributed by atoms with Gasteiger partial charge in [0.15, 0.2) is 0 Å². The second-order valence-corrected chi connectivity index (χ2v) is 9.50. The number of nitrogens with zero attached hydrogens (tertiary/aromatic N) is 2. The maximum atomic E-state index is 12.6. The molecule has 0 fully saturated rings. The number of hydroxylamine groups is 2. The Morgan fingerprint density at radius 2 is 1.80 bits per heavy atom. The van der Waals surface area contributed by atoms with Crippen molar-refractivity contribution in [1.82, 2.24) is 9.96 Å². The van der Waals surface area contributed by atoms with E-state index >= 15 is 0 Å². The number of halogens is 1. The van der Waals surface area contributed by atoms with Crippen molar-refractivity contribution in [2.24, 2.45) is 0 Å². The van der Waals surface area contributed by atoms with Crippen LogP contribution in [0.15, 0.2) is 42.5 Å². The van der Waals surface area contributed by atoms with E-state index in [1.807, 2.05) is 6.07 Å². The Hall–Kier alpha value is -3.30. The first kappa shape index (κ1) is 26.3. The number of ether oxygens (including phenoxy) is 2. The average molecular weight is 504 g/mol. The largest absolute Gasteiger partial charge is 0.491 e. The van der Waals surface area contributed by atoms with E-state index in [0.717, 1.165) is 5.56 Å². The normalized spacial score (nSPS) is 12.7. The van der Waals surface area contributed by atoms with Crippen molar-refractivity contribution in [2.75, 3.05) is 38.6 Å². The Morgan fingerprint density at radius 1 is 1.09 bits per heavy atom. The minimum Gasteiger partial charge on any atom is -0.491 e. The van der Waals surface area contributed by atoms with E-state index in [1.165, 1.54) is 9.96 Å². The van der Waals surface area contributed by atoms with Gasteiger partial charge in [-0.15, -0.1) is 5.06 Å². The van der Waals surface area contributed by atoms with Gasteiger partial charge in [-0.3, -0.25) is 4.79 Å². The number of rotatable bonds is 9. The topological polar surface area (TPSA) is 97.4 Å². The lowest BCUT2D eigenvalue weighted by molar-refractivity contribution is -0.116. The lowest BCUT2D eigenvalue weighted by Gasteiger charge is -2.27. The minimum absolute atomic E-state index is 0.0960. The maximum absolute atomic E-state index is 12.6. The van der Waals surface area contributed by atoms with Crippen LogP contribution in [0.3, 0.4) is 0 Å². The molecule has 0 atom stereocenters. The molecule has 2 amide bonds. The van der Waals surface area contributed by atoms with Crippen LogP contribution in [0.4, 0.5) is 10.5 Å². The monoisotopic (exact) mass is 503 g/mol. The van der Waals surface area contributed by atoms with Crippen LogP contribution in [-0.2, 0) is 20.8 Å². The number of fused-ring (bicyclic) bond motifs is 1. The van der Waals surface area contributed by atoms with Crippen molar-refractivity contribution in [3.63, 3.8) is 0 Å². The Morgan fingerprint density at radius 3 is 2.49 bits per heavy atom. The van der Waals surface area contributed by atoms with Crippen molar-refractivity contribution in [2.45, 2.75) is 32.8 Å². The van der Waals surface area contributed by atoms with E-state index in [-0.39, 0.29) is 38.6 Å². The molecule has 1 aliphatic rings. The molecule has 35 heavy (non-hydrogen) atoms. The molecule has 1 heterocycles. The van der Waals surface area contributed by atoms with E-state index < -0.39 is 17.7 Å². The molecular formula is C25H30ClN3O6. The van der Waals surface area contributed by atoms with Gasteiger partial charge in [-0.05, 0) is 50.6 Å². The van der Waals surface area contributed by atoms with Gasteiger partial charge in [-0.1, -0.05) is 29.8 Å². The van der Waals surface area contributed by atoms with Crippen molar-refractivity contribution >= 4 is 35.3 Å². The average Bonchev–Trinajstić information content (AvgIpc) is 3.15. The summed E-state index contributed by atoms with van der Waals surface area (Å²) in [7, 11) is 1.61. The number of hydrogen-bond donors (Lipinski definition) is 1. The molecular weight excluding hydrogens is 474 g/mol. The molecule has 0 radical (unpaired) electrons. The molecule has 0 aliphatic carbocycles. The smallest absolute Gasteiger partial charge is 0.410 e. The number of anilines is 1. The van der Waals surface area contributed by atoms with Gasteiger partial charge in [-0.2, -0.15) is 0 Å². The predicted molar refractivity (Wildman–Crippen MR) is 132 cm³/mol. The maximum Gasteiger partial charge on any atom is 0.410 e. The molecule has 1 N–H and O–H groups in total. The molecule has 0 saturated heterocycles. The van der Waals surface area contributed by atoms with Crippen LogP contribution in [-0.4, -0.2) is 66.8 Å². The standard InChI is InChI=1S/C25H30ClN3O6/c1-25(2,3)34-24(32)28(4)10-11-29(35-23(31)17-8-6-5-7-9-17)12-13-33-21-14-18-15-22(30)27-20(18)16-19(21)26/h5-9,14,16H,10-13,15H2,1-4H3,(H,27,30). The van der Waals surface area contributed by atoms with Gasteiger partial charge in [0.2, 0.25) is 5.91 Å². The second kappa shape index (κ2) is 11.4. The van der Waals surface area contributed by atoms with Crippen LogP contribution < -0.4 is 10.1 Å². The zero-order valence-corrected chi connectivity index (χ0v) is 21.1. The van der Waals surface area contributed by atoms with Gasteiger partial charge in [-0.25, -0.2) is 9.59 Å². The summed E-state index contributed by atoms with van der Waals surface area (Å²) in [4.78, 5) is 43.5. The van der Waals surface area contributed by atoms with Crippen molar-refractivity contribution < 1.29 is 28.7 Å². The second-order valence-electron chi connectivity index (χ2n) is 9.09. The molecule has 188 valence electrons. The van der Waals surface area contributed by atoms with Gasteiger partial charge < -0.3 is 24.5 Å². The number of carbonyl (C=O) groups excluding carboxylic acids is 3. The van der Waals surface area contributed by atoms with Crippen molar-refractivity contribution in [1.29, 1.82) is 0 Å². The molecule has 0 unspecified atom stereocenters. The van der Waals surface area contributed by atoms with Gasteiger partial charge in [0.25, 0.3) is 0 Å². The summed E-state index contributed by atoms with van der Waals surface area (Å²) in [6.07, 6.45) is -0.211. The number of nitrogens with one attached hydrogen (secondary N) is 1. The Balaban J connectivity index is 1.61. The fraction of sp³-hybridized carbons (Fsp3) is 0.400. The summed E-state index contributed by atoms with van der Waals surface area (Å²) in [6, 6.07) is 12.0. The molecule has 0 spiro atoms. The van der Waals surface area contributed by atoms with Gasteiger partial charge in [0.1, 0.15) is 18.0 Å². The number of benzene rings is 2. The van der Waals surface area contributed by atoms with Crippen LogP contribution in [0.2, 0.25) is 5.02 Å². The summed E-state index contributed by atoms with van der Waals surface area (Å²) in [5.74, 6) is -0.186. The van der Waals surface area contributed by atoms with Crippen LogP contribution in [0.1, 0.15) is 36.7 Å². The Bertz CT molecular complexity index is 1070. The molecule has 2 aromatic rings. The SMILES string of the molecule is CN(CCN(CCOc1cc2c(cc1Cl)NC(=O)C2)OC(=O)c1ccccc1)C(=O)OC(C)(C)C. The highest BCUT2D eigenvalue weighted by atomic mass is 35.5. The quantitative estimate of drug-likeness (QED) is 0.513. The number of carbonyl (C=O) groups is 3. The summed E-state index contributed by atoms with van der Waals surface area (Å²) >= 11 is 6.29. The van der Waals surface area contributed by atoms with Gasteiger partial charge in [0.05, 0.1) is 30.1 Å². The molecule has 1 aliphatic heterocycles. The van der Waals surface area contributed by atoms with Gasteiger partial charge in [0, 0.05) is 19.3 Å². The van der Waals surface area contributed by atoms with Crippen LogP contribution in [0.5, 0.6) is 5.75 Å². The van der Waals surface area contributed by atoms with Crippen molar-refractivity contribution in [3.05, 3.63) is 58.6 Å². The van der Waals surface area contributed by atoms with E-state index in [1.54, 1.807) is 64.2 Å². The fourth-order valence-electron chi connectivity index (χ4n) is 3.23.